The summed E-state index contributed by atoms with van der Waals surface area (Å²) in [6.07, 6.45) is 2.36. The summed E-state index contributed by atoms with van der Waals surface area (Å²) in [7, 11) is 0. The van der Waals surface area contributed by atoms with Gasteiger partial charge in [0, 0.05) is 23.3 Å². The van der Waals surface area contributed by atoms with E-state index in [2.05, 4.69) is 53.6 Å². The van der Waals surface area contributed by atoms with Crippen molar-refractivity contribution in [3.63, 3.8) is 0 Å². The van der Waals surface area contributed by atoms with E-state index in [0.717, 1.165) is 23.4 Å². The molecule has 1 fully saturated rings. The van der Waals surface area contributed by atoms with Crippen molar-refractivity contribution in [1.29, 1.82) is 0 Å². The lowest BCUT2D eigenvalue weighted by Gasteiger charge is -2.49. The van der Waals surface area contributed by atoms with Gasteiger partial charge in [0.2, 0.25) is 0 Å². The van der Waals surface area contributed by atoms with Crippen molar-refractivity contribution in [3.8, 4) is 11.3 Å². The first-order chi connectivity index (χ1) is 9.07. The standard InChI is InChI=1S/C15H19N3O/c1-15(2)13(9-14(15)19)17-11-5-3-10(4-6-11)12-7-8-16-18-12/h3-8,13-14,17,19H,9H2,1-2H3,(H,16,18). The summed E-state index contributed by atoms with van der Waals surface area (Å²) in [5.74, 6) is 0. The Morgan fingerprint density at radius 2 is 2.00 bits per heavy atom. The van der Waals surface area contributed by atoms with Crippen LogP contribution in [0.2, 0.25) is 0 Å². The van der Waals surface area contributed by atoms with Gasteiger partial charge >= 0.3 is 0 Å². The topological polar surface area (TPSA) is 60.9 Å². The van der Waals surface area contributed by atoms with Gasteiger partial charge in [0.1, 0.15) is 0 Å². The van der Waals surface area contributed by atoms with Gasteiger partial charge in [-0.15, -0.1) is 0 Å². The molecule has 2 atom stereocenters. The molecule has 0 bridgehead atoms. The number of nitrogens with one attached hydrogen (secondary N) is 2. The van der Waals surface area contributed by atoms with Crippen LogP contribution in [0.5, 0.6) is 0 Å². The molecular weight excluding hydrogens is 238 g/mol. The largest absolute Gasteiger partial charge is 0.392 e. The molecule has 3 rings (SSSR count). The summed E-state index contributed by atoms with van der Waals surface area (Å²) < 4.78 is 0. The van der Waals surface area contributed by atoms with E-state index < -0.39 is 0 Å². The predicted octanol–water partition coefficient (Wildman–Crippen LogP) is 2.65. The molecule has 2 aromatic rings. The summed E-state index contributed by atoms with van der Waals surface area (Å²) in [5, 5.41) is 20.1. The van der Waals surface area contributed by atoms with Crippen LogP contribution in [-0.4, -0.2) is 27.4 Å². The molecule has 1 aliphatic carbocycles. The summed E-state index contributed by atoms with van der Waals surface area (Å²) >= 11 is 0. The van der Waals surface area contributed by atoms with Crippen molar-refractivity contribution in [2.24, 2.45) is 5.41 Å². The molecule has 4 nitrogen and oxygen atoms in total. The molecule has 0 aliphatic heterocycles. The lowest BCUT2D eigenvalue weighted by molar-refractivity contribution is -0.0510. The minimum absolute atomic E-state index is 0.0535. The predicted molar refractivity (Wildman–Crippen MR) is 75.8 cm³/mol. The fraction of sp³-hybridized carbons (Fsp3) is 0.400. The molecule has 1 aromatic carbocycles. The summed E-state index contributed by atoms with van der Waals surface area (Å²) in [6, 6.07) is 10.6. The normalized spacial score (nSPS) is 24.8. The number of aromatic nitrogens is 2. The summed E-state index contributed by atoms with van der Waals surface area (Å²) in [6.45, 7) is 4.19. The van der Waals surface area contributed by atoms with E-state index in [1.807, 2.05) is 6.07 Å². The molecule has 2 unspecified atom stereocenters. The molecule has 0 spiro atoms. The smallest absolute Gasteiger partial charge is 0.0650 e. The fourth-order valence-electron chi connectivity index (χ4n) is 2.51. The molecule has 3 N–H and O–H groups in total. The number of rotatable bonds is 3. The lowest BCUT2D eigenvalue weighted by atomic mass is 9.64. The Balaban J connectivity index is 1.70. The minimum Gasteiger partial charge on any atom is -0.392 e. The average Bonchev–Trinajstić information content (AvgIpc) is 2.93. The Hall–Kier alpha value is -1.81. The Bertz CT molecular complexity index is 545. The highest BCUT2D eigenvalue weighted by Gasteiger charge is 2.47. The van der Waals surface area contributed by atoms with Crippen LogP contribution in [-0.2, 0) is 0 Å². The van der Waals surface area contributed by atoms with Crippen LogP contribution in [0.1, 0.15) is 20.3 Å². The van der Waals surface area contributed by atoms with Crippen molar-refractivity contribution in [1.82, 2.24) is 10.2 Å². The average molecular weight is 257 g/mol. The molecule has 100 valence electrons. The van der Waals surface area contributed by atoms with Crippen LogP contribution < -0.4 is 5.32 Å². The highest BCUT2D eigenvalue weighted by Crippen LogP contribution is 2.42. The Kier molecular flexibility index (Phi) is 2.82. The van der Waals surface area contributed by atoms with Crippen LogP contribution >= 0.6 is 0 Å². The van der Waals surface area contributed by atoms with Gasteiger partial charge in [-0.3, -0.25) is 5.10 Å². The summed E-state index contributed by atoms with van der Waals surface area (Å²) in [5.41, 5.74) is 3.18. The summed E-state index contributed by atoms with van der Waals surface area (Å²) in [4.78, 5) is 0. The van der Waals surface area contributed by atoms with E-state index in [1.54, 1.807) is 6.20 Å². The first-order valence-electron chi connectivity index (χ1n) is 6.62. The maximum Gasteiger partial charge on any atom is 0.0650 e. The number of aromatic amines is 1. The van der Waals surface area contributed by atoms with Crippen LogP contribution in [0, 0.1) is 5.41 Å². The van der Waals surface area contributed by atoms with E-state index in [-0.39, 0.29) is 11.5 Å². The third-order valence-corrected chi connectivity index (χ3v) is 4.25. The molecule has 1 heterocycles. The van der Waals surface area contributed by atoms with Gasteiger partial charge in [-0.2, -0.15) is 5.10 Å². The Morgan fingerprint density at radius 3 is 2.53 bits per heavy atom. The van der Waals surface area contributed by atoms with Crippen molar-refractivity contribution in [2.45, 2.75) is 32.4 Å². The molecule has 4 heteroatoms. The quantitative estimate of drug-likeness (QED) is 0.792. The molecule has 1 aromatic heterocycles. The lowest BCUT2D eigenvalue weighted by Crippen LogP contribution is -2.56. The highest BCUT2D eigenvalue weighted by atomic mass is 16.3. The zero-order valence-corrected chi connectivity index (χ0v) is 11.2. The second kappa shape index (κ2) is 4.38. The number of hydrogen-bond donors (Lipinski definition) is 3. The van der Waals surface area contributed by atoms with Crippen molar-refractivity contribution in [2.75, 3.05) is 5.32 Å². The first kappa shape index (κ1) is 12.2. The van der Waals surface area contributed by atoms with Crippen molar-refractivity contribution >= 4 is 5.69 Å². The van der Waals surface area contributed by atoms with E-state index in [4.69, 9.17) is 0 Å². The third-order valence-electron chi connectivity index (χ3n) is 4.25. The Labute approximate surface area is 112 Å². The van der Waals surface area contributed by atoms with Crippen LogP contribution in [0.25, 0.3) is 11.3 Å². The molecule has 19 heavy (non-hydrogen) atoms. The number of nitrogens with zero attached hydrogens (tertiary/aromatic N) is 1. The van der Waals surface area contributed by atoms with Crippen LogP contribution in [0.3, 0.4) is 0 Å². The van der Waals surface area contributed by atoms with Gasteiger partial charge < -0.3 is 10.4 Å². The third kappa shape index (κ3) is 2.12. The van der Waals surface area contributed by atoms with E-state index in [9.17, 15) is 5.11 Å². The van der Waals surface area contributed by atoms with Gasteiger partial charge in [0.25, 0.3) is 0 Å². The number of anilines is 1. The van der Waals surface area contributed by atoms with E-state index in [0.29, 0.717) is 6.04 Å². The number of hydrogen-bond acceptors (Lipinski definition) is 3. The van der Waals surface area contributed by atoms with Gasteiger partial charge in [-0.05, 0) is 30.2 Å². The number of benzene rings is 1. The monoisotopic (exact) mass is 257 g/mol. The molecular formula is C15H19N3O. The van der Waals surface area contributed by atoms with Crippen LogP contribution in [0.15, 0.2) is 36.5 Å². The van der Waals surface area contributed by atoms with E-state index in [1.165, 1.54) is 0 Å². The maximum atomic E-state index is 9.74. The fourth-order valence-corrected chi connectivity index (χ4v) is 2.51. The van der Waals surface area contributed by atoms with Gasteiger partial charge in [-0.1, -0.05) is 26.0 Å². The molecule has 1 aliphatic rings. The number of H-pyrrole nitrogens is 1. The zero-order valence-electron chi connectivity index (χ0n) is 11.2. The van der Waals surface area contributed by atoms with Gasteiger partial charge in [-0.25, -0.2) is 0 Å². The number of aliphatic hydroxyl groups is 1. The Morgan fingerprint density at radius 1 is 1.26 bits per heavy atom. The highest BCUT2D eigenvalue weighted by molar-refractivity contribution is 5.62. The SMILES string of the molecule is CC1(C)C(O)CC1Nc1ccc(-c2ccn[nH]2)cc1. The van der Waals surface area contributed by atoms with Gasteiger partial charge in [0.05, 0.1) is 11.8 Å². The second-order valence-electron chi connectivity index (χ2n) is 5.82. The number of aliphatic hydroxyl groups excluding tert-OH is 1. The molecule has 0 amide bonds. The first-order valence-corrected chi connectivity index (χ1v) is 6.62. The zero-order chi connectivity index (χ0) is 13.5. The van der Waals surface area contributed by atoms with Crippen molar-refractivity contribution in [3.05, 3.63) is 36.5 Å². The minimum atomic E-state index is -0.200. The van der Waals surface area contributed by atoms with Gasteiger partial charge in [0.15, 0.2) is 0 Å². The van der Waals surface area contributed by atoms with Crippen molar-refractivity contribution < 1.29 is 5.11 Å². The molecule has 1 saturated carbocycles. The molecule has 0 saturated heterocycles. The second-order valence-corrected chi connectivity index (χ2v) is 5.82. The van der Waals surface area contributed by atoms with Crippen LogP contribution in [0.4, 0.5) is 5.69 Å². The van der Waals surface area contributed by atoms with E-state index >= 15 is 0 Å². The maximum absolute atomic E-state index is 9.74. The molecule has 0 radical (unpaired) electrons.